The molecular formula is C14H21NO4S. The largest absolute Gasteiger partial charge is 0.458 e. The van der Waals surface area contributed by atoms with Crippen molar-refractivity contribution in [3.8, 4) is 0 Å². The molecule has 1 aromatic rings. The summed E-state index contributed by atoms with van der Waals surface area (Å²) < 4.78 is 30.2. The van der Waals surface area contributed by atoms with Gasteiger partial charge in [-0.25, -0.2) is 13.2 Å². The third-order valence-corrected chi connectivity index (χ3v) is 5.42. The molecule has 0 saturated carbocycles. The zero-order valence-corrected chi connectivity index (χ0v) is 13.2. The quantitative estimate of drug-likeness (QED) is 0.801. The van der Waals surface area contributed by atoms with Crippen LogP contribution in [-0.2, 0) is 14.6 Å². The second-order valence-corrected chi connectivity index (χ2v) is 7.91. The van der Waals surface area contributed by atoms with Crippen molar-refractivity contribution >= 4 is 15.8 Å². The molecule has 5 nitrogen and oxygen atoms in total. The Hall–Kier alpha value is -1.30. The summed E-state index contributed by atoms with van der Waals surface area (Å²) in [5, 5.41) is 0. The Kier molecular flexibility index (Phi) is 3.95. The highest BCUT2D eigenvalue weighted by atomic mass is 32.2. The van der Waals surface area contributed by atoms with Crippen LogP contribution in [0.2, 0.25) is 0 Å². The molecule has 6 heteroatoms. The maximum atomic E-state index is 12.2. The van der Waals surface area contributed by atoms with E-state index in [9.17, 15) is 13.2 Å². The molecule has 0 spiro atoms. The first-order chi connectivity index (χ1) is 9.21. The van der Waals surface area contributed by atoms with E-state index in [1.54, 1.807) is 6.07 Å². The van der Waals surface area contributed by atoms with Crippen LogP contribution >= 0.6 is 0 Å². The van der Waals surface area contributed by atoms with Crippen LogP contribution in [0, 0.1) is 13.8 Å². The van der Waals surface area contributed by atoms with E-state index in [4.69, 9.17) is 4.74 Å². The van der Waals surface area contributed by atoms with Crippen molar-refractivity contribution in [2.75, 3.05) is 11.5 Å². The summed E-state index contributed by atoms with van der Waals surface area (Å²) in [4.78, 5) is 12.2. The smallest absolute Gasteiger partial charge is 0.340 e. The Morgan fingerprint density at radius 2 is 2.05 bits per heavy atom. The number of rotatable bonds is 3. The highest BCUT2D eigenvalue weighted by molar-refractivity contribution is 7.91. The van der Waals surface area contributed by atoms with Gasteiger partial charge in [0.1, 0.15) is 6.10 Å². The van der Waals surface area contributed by atoms with Gasteiger partial charge in [-0.3, -0.25) is 0 Å². The minimum atomic E-state index is -3.03. The fraction of sp³-hybridized carbons (Fsp3) is 0.643. The van der Waals surface area contributed by atoms with Crippen molar-refractivity contribution in [2.24, 2.45) is 0 Å². The summed E-state index contributed by atoms with van der Waals surface area (Å²) in [6, 6.07) is 2.07. The lowest BCUT2D eigenvalue weighted by Gasteiger charge is -2.14. The van der Waals surface area contributed by atoms with Gasteiger partial charge in [0.2, 0.25) is 0 Å². The Morgan fingerprint density at radius 3 is 2.50 bits per heavy atom. The minimum absolute atomic E-state index is 0.0539. The molecule has 0 radical (unpaired) electrons. The first-order valence-electron chi connectivity index (χ1n) is 6.81. The van der Waals surface area contributed by atoms with E-state index in [-0.39, 0.29) is 17.5 Å². The van der Waals surface area contributed by atoms with Gasteiger partial charge in [0.25, 0.3) is 0 Å². The first-order valence-corrected chi connectivity index (χ1v) is 8.63. The number of hydrogen-bond acceptors (Lipinski definition) is 4. The standard InChI is InChI=1S/C14H21NO4S/c1-9(2)15-10(3)7-13(11(15)4)14(16)19-12-5-6-20(17,18)8-12/h7,9,12H,5-6,8H2,1-4H3/t12-/m1/s1. The van der Waals surface area contributed by atoms with Crippen molar-refractivity contribution < 1.29 is 17.9 Å². The lowest BCUT2D eigenvalue weighted by atomic mass is 10.2. The fourth-order valence-corrected chi connectivity index (χ4v) is 4.44. The molecule has 112 valence electrons. The molecule has 2 rings (SSSR count). The van der Waals surface area contributed by atoms with Gasteiger partial charge < -0.3 is 9.30 Å². The van der Waals surface area contributed by atoms with Crippen molar-refractivity contribution in [1.82, 2.24) is 4.57 Å². The van der Waals surface area contributed by atoms with Crippen LogP contribution in [0.15, 0.2) is 6.07 Å². The number of nitrogens with zero attached hydrogens (tertiary/aromatic N) is 1. The van der Waals surface area contributed by atoms with E-state index >= 15 is 0 Å². The first kappa shape index (κ1) is 15.1. The second-order valence-electron chi connectivity index (χ2n) is 5.68. The highest BCUT2D eigenvalue weighted by Gasteiger charge is 2.31. The van der Waals surface area contributed by atoms with Crippen LogP contribution < -0.4 is 0 Å². The number of aromatic nitrogens is 1. The summed E-state index contributed by atoms with van der Waals surface area (Å²) in [5.74, 6) is -0.371. The molecule has 0 bridgehead atoms. The van der Waals surface area contributed by atoms with E-state index in [1.807, 2.05) is 13.8 Å². The molecular weight excluding hydrogens is 278 g/mol. The second kappa shape index (κ2) is 5.24. The van der Waals surface area contributed by atoms with Crippen molar-refractivity contribution in [3.63, 3.8) is 0 Å². The zero-order chi connectivity index (χ0) is 15.1. The van der Waals surface area contributed by atoms with E-state index in [2.05, 4.69) is 18.4 Å². The van der Waals surface area contributed by atoms with Crippen LogP contribution in [0.4, 0.5) is 0 Å². The molecule has 1 aromatic heterocycles. The minimum Gasteiger partial charge on any atom is -0.458 e. The molecule has 20 heavy (non-hydrogen) atoms. The number of sulfone groups is 1. The molecule has 2 heterocycles. The molecule has 1 saturated heterocycles. The SMILES string of the molecule is Cc1cc(C(=O)O[C@@H]2CCS(=O)(=O)C2)c(C)n1C(C)C. The normalized spacial score (nSPS) is 21.4. The van der Waals surface area contributed by atoms with Crippen LogP contribution in [0.1, 0.15) is 48.1 Å². The average Bonchev–Trinajstić information content (AvgIpc) is 2.78. The van der Waals surface area contributed by atoms with Gasteiger partial charge in [0, 0.05) is 17.4 Å². The maximum Gasteiger partial charge on any atom is 0.340 e. The van der Waals surface area contributed by atoms with Crippen LogP contribution in [0.3, 0.4) is 0 Å². The van der Waals surface area contributed by atoms with E-state index in [0.29, 0.717) is 12.0 Å². The van der Waals surface area contributed by atoms with Crippen LogP contribution in [-0.4, -0.2) is 36.6 Å². The van der Waals surface area contributed by atoms with Crippen LogP contribution in [0.5, 0.6) is 0 Å². The van der Waals surface area contributed by atoms with Gasteiger partial charge in [-0.05, 0) is 40.2 Å². The molecule has 0 aromatic carbocycles. The average molecular weight is 299 g/mol. The van der Waals surface area contributed by atoms with Gasteiger partial charge in [0.05, 0.1) is 17.1 Å². The number of esters is 1. The molecule has 0 amide bonds. The predicted molar refractivity (Wildman–Crippen MR) is 76.8 cm³/mol. The van der Waals surface area contributed by atoms with Crippen molar-refractivity contribution in [2.45, 2.75) is 46.3 Å². The van der Waals surface area contributed by atoms with E-state index in [0.717, 1.165) is 11.4 Å². The van der Waals surface area contributed by atoms with E-state index in [1.165, 1.54) is 0 Å². The molecule has 0 unspecified atom stereocenters. The number of ether oxygens (including phenoxy) is 1. The third kappa shape index (κ3) is 2.90. The lowest BCUT2D eigenvalue weighted by molar-refractivity contribution is 0.0355. The van der Waals surface area contributed by atoms with Gasteiger partial charge >= 0.3 is 5.97 Å². The third-order valence-electron chi connectivity index (χ3n) is 3.69. The Morgan fingerprint density at radius 1 is 1.40 bits per heavy atom. The highest BCUT2D eigenvalue weighted by Crippen LogP contribution is 2.23. The Balaban J connectivity index is 2.17. The summed E-state index contributed by atoms with van der Waals surface area (Å²) in [5.41, 5.74) is 2.40. The maximum absolute atomic E-state index is 12.2. The molecule has 0 aliphatic carbocycles. The van der Waals surface area contributed by atoms with Gasteiger partial charge in [-0.1, -0.05) is 0 Å². The Labute approximate surface area is 119 Å². The Bertz CT molecular complexity index is 628. The molecule has 1 aliphatic heterocycles. The molecule has 1 fully saturated rings. The predicted octanol–water partition coefficient (Wildman–Crippen LogP) is 2.03. The van der Waals surface area contributed by atoms with E-state index < -0.39 is 21.9 Å². The number of aryl methyl sites for hydroxylation is 1. The van der Waals surface area contributed by atoms with Gasteiger partial charge in [-0.2, -0.15) is 0 Å². The summed E-state index contributed by atoms with van der Waals surface area (Å²) in [7, 11) is -3.03. The summed E-state index contributed by atoms with van der Waals surface area (Å²) >= 11 is 0. The monoisotopic (exact) mass is 299 g/mol. The van der Waals surface area contributed by atoms with Crippen LogP contribution in [0.25, 0.3) is 0 Å². The van der Waals surface area contributed by atoms with Gasteiger partial charge in [-0.15, -0.1) is 0 Å². The molecule has 1 atom stereocenters. The molecule has 1 aliphatic rings. The number of hydrogen-bond donors (Lipinski definition) is 0. The topological polar surface area (TPSA) is 65.4 Å². The molecule has 0 N–H and O–H groups in total. The zero-order valence-electron chi connectivity index (χ0n) is 12.3. The lowest BCUT2D eigenvalue weighted by Crippen LogP contribution is -2.20. The fourth-order valence-electron chi connectivity index (χ4n) is 2.85. The summed E-state index contributed by atoms with van der Waals surface area (Å²) in [6.45, 7) is 7.94. The van der Waals surface area contributed by atoms with Crippen molar-refractivity contribution in [1.29, 1.82) is 0 Å². The van der Waals surface area contributed by atoms with Crippen molar-refractivity contribution in [3.05, 3.63) is 23.0 Å². The number of carbonyl (C=O) groups excluding carboxylic acids is 1. The summed E-state index contributed by atoms with van der Waals surface area (Å²) in [6.07, 6.45) is -0.105. The number of carbonyl (C=O) groups is 1. The van der Waals surface area contributed by atoms with Gasteiger partial charge in [0.15, 0.2) is 9.84 Å².